The number of hydrogen-bond donors (Lipinski definition) is 1. The van der Waals surface area contributed by atoms with E-state index in [2.05, 4.69) is 0 Å². The molecule has 0 atom stereocenters. The molecule has 0 aromatic carbocycles. The van der Waals surface area contributed by atoms with E-state index in [0.717, 1.165) is 0 Å². The van der Waals surface area contributed by atoms with Crippen molar-refractivity contribution in [2.45, 2.75) is 16.6 Å². The third-order valence-corrected chi connectivity index (χ3v) is 3.71. The summed E-state index contributed by atoms with van der Waals surface area (Å²) in [6.45, 7) is 0.0799. The molecule has 0 aliphatic rings. The third-order valence-electron chi connectivity index (χ3n) is 0.714. The molecule has 0 unspecified atom stereocenters. The molecule has 0 fully saturated rings. The monoisotopic (exact) mass is 167 g/mol. The summed E-state index contributed by atoms with van der Waals surface area (Å²) in [5, 5.41) is 8.78. The summed E-state index contributed by atoms with van der Waals surface area (Å²) in [6.07, 6.45) is 0. The fraction of sp³-hybridized carbons (Fsp3) is 1.00. The fourth-order valence-corrected chi connectivity index (χ4v) is 1.40. The number of aliphatic hydroxyl groups excluding tert-OH is 1. The van der Waals surface area contributed by atoms with E-state index in [1.165, 1.54) is 0 Å². The van der Waals surface area contributed by atoms with Crippen LogP contribution in [0.15, 0.2) is 0 Å². The first kappa shape index (κ1) is 7.48. The van der Waals surface area contributed by atoms with Crippen LogP contribution in [0, 0.1) is 0 Å². The van der Waals surface area contributed by atoms with Crippen LogP contribution < -0.4 is 0 Å². The predicted molar refractivity (Wildman–Crippen MR) is 31.5 cm³/mol. The van der Waals surface area contributed by atoms with Gasteiger partial charge in [-0.1, -0.05) is 0 Å². The van der Waals surface area contributed by atoms with E-state index in [0.29, 0.717) is 5.21 Å². The van der Waals surface area contributed by atoms with Crippen molar-refractivity contribution in [2.24, 2.45) is 0 Å². The summed E-state index contributed by atoms with van der Waals surface area (Å²) >= 11 is -2.58. The average Bonchev–Trinajstić information content (AvgIpc) is 1.30. The molecule has 0 amide bonds. The molecule has 0 aromatic heterocycles. The van der Waals surface area contributed by atoms with E-state index >= 15 is 0 Å². The van der Waals surface area contributed by atoms with Gasteiger partial charge in [-0.15, -0.1) is 0 Å². The Kier molecular flexibility index (Phi) is 2.89. The van der Waals surface area contributed by atoms with Crippen LogP contribution in [0.3, 0.4) is 0 Å². The Hall–Kier alpha value is 0.478. The molecule has 0 aliphatic carbocycles. The van der Waals surface area contributed by atoms with E-state index < -0.39 is 13.9 Å². The maximum atomic E-state index is 10.7. The van der Waals surface area contributed by atoms with Crippen molar-refractivity contribution in [3.63, 3.8) is 0 Å². The molecule has 2 nitrogen and oxygen atoms in total. The van der Waals surface area contributed by atoms with Gasteiger partial charge in [-0.05, 0) is 0 Å². The van der Waals surface area contributed by atoms with Crippen LogP contribution in [0.4, 0.5) is 0 Å². The van der Waals surface area contributed by atoms with Gasteiger partial charge in [0.25, 0.3) is 0 Å². The van der Waals surface area contributed by atoms with Gasteiger partial charge in [0.1, 0.15) is 0 Å². The van der Waals surface area contributed by atoms with Crippen LogP contribution in [-0.4, -0.2) is 25.6 Å². The third kappa shape index (κ3) is 6.48. The van der Waals surface area contributed by atoms with Gasteiger partial charge in [0.05, 0.1) is 0 Å². The van der Waals surface area contributed by atoms with Gasteiger partial charge in [0.2, 0.25) is 0 Å². The van der Waals surface area contributed by atoms with Gasteiger partial charge in [0.15, 0.2) is 0 Å². The van der Waals surface area contributed by atoms with E-state index in [1.807, 2.05) is 0 Å². The van der Waals surface area contributed by atoms with Crippen LogP contribution in [0.2, 0.25) is 16.6 Å². The number of hydrogen-bond acceptors (Lipinski definition) is 1. The molecule has 0 heterocycles. The molecule has 0 aliphatic heterocycles. The van der Waals surface area contributed by atoms with E-state index in [4.69, 9.17) is 5.11 Å². The first-order chi connectivity index (χ1) is 3.06. The maximum absolute atomic E-state index is 10.7. The minimum absolute atomic E-state index is 0.0799. The summed E-state index contributed by atoms with van der Waals surface area (Å²) in [5.74, 6) is 0. The zero-order chi connectivity index (χ0) is 5.91. The molecule has 0 saturated heterocycles. The zero-order valence-electron chi connectivity index (χ0n) is 4.77. The SMILES string of the molecule is C[AsH](C)([O+])CCO. The van der Waals surface area contributed by atoms with Crippen molar-refractivity contribution < 1.29 is 9.20 Å². The molecule has 44 valence electrons. The van der Waals surface area contributed by atoms with E-state index in [-0.39, 0.29) is 6.61 Å². The minimum atomic E-state index is -2.58. The number of aliphatic hydroxyl groups is 1. The molecular weight excluding hydrogens is 155 g/mol. The van der Waals surface area contributed by atoms with Crippen LogP contribution in [-0.2, 0) is 4.10 Å². The normalized spacial score (nSPS) is 14.3. The average molecular weight is 167 g/mol. The van der Waals surface area contributed by atoms with E-state index in [1.54, 1.807) is 11.4 Å². The Morgan fingerprint density at radius 3 is 2.00 bits per heavy atom. The second-order valence-corrected chi connectivity index (χ2v) is 10.7. The Bertz CT molecular complexity index is 48.1. The van der Waals surface area contributed by atoms with Crippen molar-refractivity contribution in [3.8, 4) is 0 Å². The molecule has 0 bridgehead atoms. The van der Waals surface area contributed by atoms with Crippen molar-refractivity contribution in [1.29, 1.82) is 0 Å². The summed E-state index contributed by atoms with van der Waals surface area (Å²) in [4.78, 5) is 0. The molecule has 2 radical (unpaired) electrons. The molecule has 0 rings (SSSR count). The van der Waals surface area contributed by atoms with Gasteiger partial charge in [0, 0.05) is 0 Å². The first-order valence-electron chi connectivity index (χ1n) is 2.37. The molecular formula is C4H12AsO2+. The Labute approximate surface area is 47.0 Å². The second-order valence-electron chi connectivity index (χ2n) is 2.23. The fourth-order valence-electron chi connectivity index (χ4n) is 0.269. The summed E-state index contributed by atoms with van der Waals surface area (Å²) in [6, 6.07) is 0. The topological polar surface area (TPSA) is 40.1 Å². The molecule has 3 heteroatoms. The van der Waals surface area contributed by atoms with Crippen molar-refractivity contribution in [3.05, 3.63) is 0 Å². The Balaban J connectivity index is 3.15. The van der Waals surface area contributed by atoms with Gasteiger partial charge >= 0.3 is 46.3 Å². The van der Waals surface area contributed by atoms with Crippen LogP contribution in [0.1, 0.15) is 0 Å². The molecule has 1 N–H and O–H groups in total. The predicted octanol–water partition coefficient (Wildman–Crippen LogP) is 0.347. The quantitative estimate of drug-likeness (QED) is 0.467. The molecule has 7 heavy (non-hydrogen) atoms. The van der Waals surface area contributed by atoms with Gasteiger partial charge in [-0.25, -0.2) is 0 Å². The second kappa shape index (κ2) is 2.70. The van der Waals surface area contributed by atoms with Gasteiger partial charge in [-0.2, -0.15) is 0 Å². The molecule has 0 aromatic rings. The van der Waals surface area contributed by atoms with Crippen molar-refractivity contribution >= 4 is 13.9 Å². The molecule has 0 saturated carbocycles. The zero-order valence-corrected chi connectivity index (χ0v) is 6.87. The molecule has 0 spiro atoms. The van der Waals surface area contributed by atoms with Gasteiger partial charge < -0.3 is 0 Å². The van der Waals surface area contributed by atoms with Crippen molar-refractivity contribution in [2.75, 3.05) is 6.61 Å². The van der Waals surface area contributed by atoms with Gasteiger partial charge in [-0.3, -0.25) is 0 Å². The summed E-state index contributed by atoms with van der Waals surface area (Å²) < 4.78 is 10.7. The van der Waals surface area contributed by atoms with Crippen molar-refractivity contribution in [1.82, 2.24) is 0 Å². The Morgan fingerprint density at radius 2 is 2.00 bits per heavy atom. The first-order valence-corrected chi connectivity index (χ1v) is 8.91. The van der Waals surface area contributed by atoms with Crippen LogP contribution in [0.25, 0.3) is 0 Å². The van der Waals surface area contributed by atoms with E-state index in [9.17, 15) is 4.10 Å². The van der Waals surface area contributed by atoms with Crippen LogP contribution >= 0.6 is 0 Å². The standard InChI is InChI=1S/C4H12AsO2/c1-5(2,7)3-4-6/h5-6H,3-4H2,1-2H3/q+1. The Morgan fingerprint density at radius 1 is 1.57 bits per heavy atom. The summed E-state index contributed by atoms with van der Waals surface area (Å²) in [5.41, 5.74) is 3.49. The number of rotatable bonds is 2. The van der Waals surface area contributed by atoms with Crippen LogP contribution in [0.5, 0.6) is 0 Å². The summed E-state index contributed by atoms with van der Waals surface area (Å²) in [7, 11) is 0.